The molecule has 0 unspecified atom stereocenters. The maximum absolute atomic E-state index is 12.4. The van der Waals surface area contributed by atoms with E-state index in [1.54, 1.807) is 24.7 Å². The van der Waals surface area contributed by atoms with Gasteiger partial charge in [0.15, 0.2) is 0 Å². The summed E-state index contributed by atoms with van der Waals surface area (Å²) in [5.41, 5.74) is 2.28. The molecule has 1 amide bonds. The first kappa shape index (κ1) is 14.6. The number of furan rings is 1. The van der Waals surface area contributed by atoms with E-state index in [-0.39, 0.29) is 11.6 Å². The van der Waals surface area contributed by atoms with E-state index in [4.69, 9.17) is 16.0 Å². The topological polar surface area (TPSA) is 57.5 Å². The molecular formula is C17H18ClN3O2. The number of piperidine rings is 1. The molecule has 0 saturated carbocycles. The number of anilines is 1. The largest absolute Gasteiger partial charge is 0.472 e. The van der Waals surface area contributed by atoms with E-state index in [2.05, 4.69) is 15.5 Å². The van der Waals surface area contributed by atoms with E-state index in [1.165, 1.54) is 5.56 Å². The molecule has 0 atom stereocenters. The lowest BCUT2D eigenvalue weighted by Gasteiger charge is -2.45. The van der Waals surface area contributed by atoms with Crippen LogP contribution in [0.1, 0.15) is 28.8 Å². The highest BCUT2D eigenvalue weighted by Gasteiger charge is 2.40. The van der Waals surface area contributed by atoms with Crippen LogP contribution in [0, 0.1) is 0 Å². The molecule has 1 saturated heterocycles. The number of nitrogens with zero attached hydrogens (tertiary/aromatic N) is 1. The molecule has 1 aromatic carbocycles. The van der Waals surface area contributed by atoms with Gasteiger partial charge in [-0.05, 0) is 24.3 Å². The Hall–Kier alpha value is -1.98. The molecule has 5 nitrogen and oxygen atoms in total. The molecule has 1 spiro atoms. The number of fused-ring (bicyclic) bond motifs is 1. The van der Waals surface area contributed by atoms with E-state index < -0.39 is 0 Å². The fraction of sp³-hybridized carbons (Fsp3) is 0.353. The van der Waals surface area contributed by atoms with Crippen LogP contribution in [0.4, 0.5) is 5.69 Å². The predicted molar refractivity (Wildman–Crippen MR) is 88.5 cm³/mol. The van der Waals surface area contributed by atoms with Crippen LogP contribution in [-0.2, 0) is 6.54 Å². The lowest BCUT2D eigenvalue weighted by Crippen LogP contribution is -2.62. The van der Waals surface area contributed by atoms with Crippen molar-refractivity contribution >= 4 is 23.2 Å². The zero-order valence-corrected chi connectivity index (χ0v) is 13.4. The lowest BCUT2D eigenvalue weighted by atomic mass is 9.92. The Labute approximate surface area is 139 Å². The Balaban J connectivity index is 1.48. The van der Waals surface area contributed by atoms with Gasteiger partial charge in [0.25, 0.3) is 5.91 Å². The molecule has 0 radical (unpaired) electrons. The van der Waals surface area contributed by atoms with Gasteiger partial charge in [-0.1, -0.05) is 11.6 Å². The summed E-state index contributed by atoms with van der Waals surface area (Å²) in [7, 11) is 0. The molecule has 2 aromatic rings. The van der Waals surface area contributed by atoms with Gasteiger partial charge in [-0.15, -0.1) is 0 Å². The van der Waals surface area contributed by atoms with Gasteiger partial charge in [-0.25, -0.2) is 0 Å². The third-order valence-corrected chi connectivity index (χ3v) is 4.88. The Bertz CT molecular complexity index is 721. The maximum atomic E-state index is 12.4. The van der Waals surface area contributed by atoms with Crippen molar-refractivity contribution in [3.8, 4) is 0 Å². The molecular weight excluding hydrogens is 314 g/mol. The second-order valence-electron chi connectivity index (χ2n) is 6.26. The van der Waals surface area contributed by atoms with E-state index in [1.807, 2.05) is 12.1 Å². The van der Waals surface area contributed by atoms with Gasteiger partial charge in [-0.3, -0.25) is 9.69 Å². The number of rotatable bonds is 2. The van der Waals surface area contributed by atoms with Gasteiger partial charge in [0.05, 0.1) is 23.8 Å². The number of carbonyl (C=O) groups excluding carboxylic acids is 1. The summed E-state index contributed by atoms with van der Waals surface area (Å²) in [6.45, 7) is 2.70. The first-order chi connectivity index (χ1) is 11.1. The van der Waals surface area contributed by atoms with Gasteiger partial charge < -0.3 is 15.1 Å². The second-order valence-corrected chi connectivity index (χ2v) is 6.70. The van der Waals surface area contributed by atoms with Crippen LogP contribution in [0.3, 0.4) is 0 Å². The van der Waals surface area contributed by atoms with Gasteiger partial charge >= 0.3 is 0 Å². The van der Waals surface area contributed by atoms with Crippen LogP contribution in [0.25, 0.3) is 0 Å². The van der Waals surface area contributed by atoms with Crippen molar-refractivity contribution in [2.24, 2.45) is 0 Å². The average Bonchev–Trinajstić information content (AvgIpc) is 3.02. The third kappa shape index (κ3) is 2.82. The highest BCUT2D eigenvalue weighted by atomic mass is 35.5. The molecule has 2 N–H and O–H groups in total. The van der Waals surface area contributed by atoms with Gasteiger partial charge in [0.2, 0.25) is 0 Å². The molecule has 120 valence electrons. The average molecular weight is 332 g/mol. The molecule has 3 heterocycles. The Morgan fingerprint density at radius 3 is 2.78 bits per heavy atom. The van der Waals surface area contributed by atoms with Crippen molar-refractivity contribution in [2.45, 2.75) is 25.0 Å². The smallest absolute Gasteiger partial charge is 0.255 e. The highest BCUT2D eigenvalue weighted by Crippen LogP contribution is 2.33. The molecule has 23 heavy (non-hydrogen) atoms. The van der Waals surface area contributed by atoms with E-state index in [0.29, 0.717) is 10.6 Å². The number of likely N-dealkylation sites (tertiary alicyclic amines) is 1. The number of halogens is 1. The van der Waals surface area contributed by atoms with Crippen LogP contribution in [0.5, 0.6) is 0 Å². The number of hydrogen-bond donors (Lipinski definition) is 2. The summed E-state index contributed by atoms with van der Waals surface area (Å²) in [5, 5.41) is 7.29. The fourth-order valence-corrected chi connectivity index (χ4v) is 3.55. The first-order valence-electron chi connectivity index (χ1n) is 7.77. The van der Waals surface area contributed by atoms with Crippen molar-refractivity contribution in [1.29, 1.82) is 0 Å². The quantitative estimate of drug-likeness (QED) is 0.888. The van der Waals surface area contributed by atoms with E-state index >= 15 is 0 Å². The standard InChI is InChI=1S/C17H18ClN3O2/c18-13-1-2-14-15(9-13)19-17(20-16(14)22)4-6-21(7-5-17)10-12-3-8-23-11-12/h1-3,8-9,11,19H,4-7,10H2,(H,20,22). The Kier molecular flexibility index (Phi) is 3.54. The minimum absolute atomic E-state index is 0.0290. The van der Waals surface area contributed by atoms with Gasteiger partial charge in [-0.2, -0.15) is 0 Å². The molecule has 0 aliphatic carbocycles. The van der Waals surface area contributed by atoms with E-state index in [9.17, 15) is 4.79 Å². The maximum Gasteiger partial charge on any atom is 0.255 e. The first-order valence-corrected chi connectivity index (χ1v) is 8.15. The number of hydrogen-bond acceptors (Lipinski definition) is 4. The van der Waals surface area contributed by atoms with E-state index in [0.717, 1.165) is 38.2 Å². The van der Waals surface area contributed by atoms with Crippen molar-refractivity contribution in [3.05, 3.63) is 52.9 Å². The predicted octanol–water partition coefficient (Wildman–Crippen LogP) is 3.08. The SMILES string of the molecule is O=C1NC2(CCN(Cc3ccoc3)CC2)Nc2cc(Cl)ccc21. The van der Waals surface area contributed by atoms with Crippen LogP contribution < -0.4 is 10.6 Å². The minimum atomic E-state index is -0.373. The van der Waals surface area contributed by atoms with Crippen molar-refractivity contribution in [1.82, 2.24) is 10.2 Å². The number of nitrogens with one attached hydrogen (secondary N) is 2. The molecule has 1 fully saturated rings. The molecule has 6 heteroatoms. The molecule has 1 aromatic heterocycles. The monoisotopic (exact) mass is 331 g/mol. The van der Waals surface area contributed by atoms with Crippen molar-refractivity contribution in [2.75, 3.05) is 18.4 Å². The number of amides is 1. The summed E-state index contributed by atoms with van der Waals surface area (Å²) < 4.78 is 5.12. The third-order valence-electron chi connectivity index (χ3n) is 4.65. The molecule has 2 aliphatic heterocycles. The van der Waals surface area contributed by atoms with Crippen LogP contribution >= 0.6 is 11.6 Å². The van der Waals surface area contributed by atoms with Crippen LogP contribution in [-0.4, -0.2) is 29.6 Å². The summed E-state index contributed by atoms with van der Waals surface area (Å²) in [6.07, 6.45) is 5.18. The summed E-state index contributed by atoms with van der Waals surface area (Å²) in [4.78, 5) is 14.8. The van der Waals surface area contributed by atoms with Crippen LogP contribution in [0.2, 0.25) is 5.02 Å². The number of carbonyl (C=O) groups is 1. The highest BCUT2D eigenvalue weighted by molar-refractivity contribution is 6.31. The Morgan fingerprint density at radius 2 is 2.04 bits per heavy atom. The Morgan fingerprint density at radius 1 is 1.22 bits per heavy atom. The van der Waals surface area contributed by atoms with Gasteiger partial charge in [0.1, 0.15) is 5.66 Å². The van der Waals surface area contributed by atoms with Crippen molar-refractivity contribution in [3.63, 3.8) is 0 Å². The minimum Gasteiger partial charge on any atom is -0.472 e. The molecule has 0 bridgehead atoms. The normalized spacial score (nSPS) is 20.0. The van der Waals surface area contributed by atoms with Crippen molar-refractivity contribution < 1.29 is 9.21 Å². The number of benzene rings is 1. The zero-order chi connectivity index (χ0) is 15.9. The lowest BCUT2D eigenvalue weighted by molar-refractivity contribution is 0.0822. The summed E-state index contributed by atoms with van der Waals surface area (Å²) in [5.74, 6) is -0.0290. The van der Waals surface area contributed by atoms with Gasteiger partial charge in [0, 0.05) is 43.1 Å². The fourth-order valence-electron chi connectivity index (χ4n) is 3.38. The summed E-state index contributed by atoms with van der Waals surface area (Å²) in [6, 6.07) is 7.33. The second kappa shape index (κ2) is 5.58. The summed E-state index contributed by atoms with van der Waals surface area (Å²) >= 11 is 6.07. The van der Waals surface area contributed by atoms with Crippen LogP contribution in [0.15, 0.2) is 41.2 Å². The molecule has 4 rings (SSSR count). The zero-order valence-electron chi connectivity index (χ0n) is 12.6. The molecule has 2 aliphatic rings.